The standard InChI is InChI=1S/C23H28N4O4S/c1-15(2)18-6-4-17(5-7-18)10-11-27(14-20-12-16(3)31-26-20)32(29,30)22-13-19(23(24)25)8-9-21(22)28/h4-9,12-13,15,28H,10-11,14H2,1-3H3,(H3,24,25). The molecule has 0 amide bonds. The van der Waals surface area contributed by atoms with E-state index >= 15 is 0 Å². The fraction of sp³-hybridized carbons (Fsp3) is 0.304. The minimum absolute atomic E-state index is 0.0203. The smallest absolute Gasteiger partial charge is 0.247 e. The fourth-order valence-electron chi connectivity index (χ4n) is 3.31. The van der Waals surface area contributed by atoms with Gasteiger partial charge in [0.05, 0.1) is 12.2 Å². The molecule has 1 aromatic heterocycles. The number of phenols is 1. The average Bonchev–Trinajstić information content (AvgIpc) is 3.16. The number of phenolic OH excluding ortho intramolecular Hbond substituents is 1. The van der Waals surface area contributed by atoms with Crippen molar-refractivity contribution in [1.29, 1.82) is 5.41 Å². The first-order chi connectivity index (χ1) is 15.1. The average molecular weight is 457 g/mol. The molecule has 0 aliphatic rings. The molecule has 8 nitrogen and oxygen atoms in total. The summed E-state index contributed by atoms with van der Waals surface area (Å²) in [5.74, 6) is 0.291. The Morgan fingerprint density at radius 3 is 2.44 bits per heavy atom. The Bertz CT molecular complexity index is 1200. The van der Waals surface area contributed by atoms with E-state index < -0.39 is 15.8 Å². The van der Waals surface area contributed by atoms with Crippen molar-refractivity contribution in [3.63, 3.8) is 0 Å². The van der Waals surface area contributed by atoms with E-state index in [2.05, 4.69) is 19.0 Å². The quantitative estimate of drug-likeness (QED) is 0.333. The van der Waals surface area contributed by atoms with Crippen LogP contribution in [-0.4, -0.2) is 35.4 Å². The van der Waals surface area contributed by atoms with Crippen molar-refractivity contribution >= 4 is 15.9 Å². The molecule has 0 radical (unpaired) electrons. The number of rotatable bonds is 9. The van der Waals surface area contributed by atoms with Crippen molar-refractivity contribution in [2.24, 2.45) is 5.73 Å². The molecule has 2 aromatic carbocycles. The summed E-state index contributed by atoms with van der Waals surface area (Å²) >= 11 is 0. The van der Waals surface area contributed by atoms with E-state index in [0.29, 0.717) is 23.8 Å². The van der Waals surface area contributed by atoms with Gasteiger partial charge in [0, 0.05) is 18.2 Å². The lowest BCUT2D eigenvalue weighted by molar-refractivity contribution is 0.362. The third kappa shape index (κ3) is 5.35. The number of benzene rings is 2. The Kier molecular flexibility index (Phi) is 7.00. The van der Waals surface area contributed by atoms with Crippen molar-refractivity contribution in [2.75, 3.05) is 6.54 Å². The third-order valence-corrected chi connectivity index (χ3v) is 7.07. The molecule has 170 valence electrons. The number of sulfonamides is 1. The van der Waals surface area contributed by atoms with Crippen molar-refractivity contribution in [3.05, 3.63) is 76.7 Å². The van der Waals surface area contributed by atoms with E-state index in [1.807, 2.05) is 24.3 Å². The van der Waals surface area contributed by atoms with Crippen LogP contribution in [0.2, 0.25) is 0 Å². The van der Waals surface area contributed by atoms with Crippen LogP contribution in [-0.2, 0) is 23.0 Å². The summed E-state index contributed by atoms with van der Waals surface area (Å²) in [5.41, 5.74) is 8.39. The second kappa shape index (κ2) is 9.54. The predicted molar refractivity (Wildman–Crippen MR) is 122 cm³/mol. The maximum atomic E-state index is 13.5. The van der Waals surface area contributed by atoms with Crippen LogP contribution in [0.25, 0.3) is 0 Å². The molecule has 1 heterocycles. The Labute approximate surface area is 188 Å². The zero-order chi connectivity index (χ0) is 23.5. The van der Waals surface area contributed by atoms with Crippen LogP contribution in [0.4, 0.5) is 0 Å². The number of nitrogens with two attached hydrogens (primary N) is 1. The van der Waals surface area contributed by atoms with Gasteiger partial charge in [0.15, 0.2) is 0 Å². The largest absolute Gasteiger partial charge is 0.507 e. The van der Waals surface area contributed by atoms with Crippen LogP contribution in [0.1, 0.15) is 47.9 Å². The van der Waals surface area contributed by atoms with Crippen molar-refractivity contribution < 1.29 is 18.0 Å². The molecule has 3 rings (SSSR count). The van der Waals surface area contributed by atoms with Crippen LogP contribution in [0, 0.1) is 12.3 Å². The van der Waals surface area contributed by atoms with Gasteiger partial charge in [-0.05, 0) is 48.6 Å². The number of aromatic nitrogens is 1. The first kappa shape index (κ1) is 23.5. The topological polar surface area (TPSA) is 134 Å². The molecule has 0 fully saturated rings. The zero-order valence-corrected chi connectivity index (χ0v) is 19.2. The third-order valence-electron chi connectivity index (χ3n) is 5.20. The highest BCUT2D eigenvalue weighted by atomic mass is 32.2. The lowest BCUT2D eigenvalue weighted by Gasteiger charge is -2.22. The second-order valence-electron chi connectivity index (χ2n) is 8.01. The molecule has 3 aromatic rings. The number of nitrogen functional groups attached to an aromatic ring is 1. The van der Waals surface area contributed by atoms with E-state index in [-0.39, 0.29) is 29.4 Å². The van der Waals surface area contributed by atoms with Crippen LogP contribution in [0.5, 0.6) is 5.75 Å². The highest BCUT2D eigenvalue weighted by molar-refractivity contribution is 7.89. The highest BCUT2D eigenvalue weighted by Crippen LogP contribution is 2.28. The maximum absolute atomic E-state index is 13.5. The number of aromatic hydroxyl groups is 1. The van der Waals surface area contributed by atoms with Crippen molar-refractivity contribution in [1.82, 2.24) is 9.46 Å². The fourth-order valence-corrected chi connectivity index (χ4v) is 4.83. The van der Waals surface area contributed by atoms with Gasteiger partial charge in [0.25, 0.3) is 0 Å². The van der Waals surface area contributed by atoms with Gasteiger partial charge in [-0.1, -0.05) is 43.3 Å². The number of nitrogens with zero attached hydrogens (tertiary/aromatic N) is 2. The summed E-state index contributed by atoms with van der Waals surface area (Å²) in [5, 5.41) is 21.8. The molecule has 0 bridgehead atoms. The van der Waals surface area contributed by atoms with Crippen LogP contribution in [0.3, 0.4) is 0 Å². The molecule has 4 N–H and O–H groups in total. The highest BCUT2D eigenvalue weighted by Gasteiger charge is 2.29. The van der Waals surface area contributed by atoms with Gasteiger partial charge < -0.3 is 15.4 Å². The number of nitrogens with one attached hydrogen (secondary N) is 1. The summed E-state index contributed by atoms with van der Waals surface area (Å²) in [6, 6.07) is 13.6. The Morgan fingerprint density at radius 1 is 1.19 bits per heavy atom. The second-order valence-corrected chi connectivity index (χ2v) is 9.92. The lowest BCUT2D eigenvalue weighted by atomic mass is 10.0. The van der Waals surface area contributed by atoms with Gasteiger partial charge in [-0.3, -0.25) is 5.41 Å². The number of amidine groups is 1. The summed E-state index contributed by atoms with van der Waals surface area (Å²) < 4.78 is 33.3. The molecule has 9 heteroatoms. The minimum Gasteiger partial charge on any atom is -0.507 e. The lowest BCUT2D eigenvalue weighted by Crippen LogP contribution is -2.33. The molecular weight excluding hydrogens is 428 g/mol. The number of hydrogen-bond donors (Lipinski definition) is 3. The Balaban J connectivity index is 1.93. The molecule has 0 spiro atoms. The maximum Gasteiger partial charge on any atom is 0.247 e. The SMILES string of the molecule is Cc1cc(CN(CCc2ccc(C(C)C)cc2)S(=O)(=O)c2cc(C(=N)N)ccc2O)no1. The summed E-state index contributed by atoms with van der Waals surface area (Å²) in [6.45, 7) is 6.11. The van der Waals surface area contributed by atoms with Crippen LogP contribution < -0.4 is 5.73 Å². The first-order valence-corrected chi connectivity index (χ1v) is 11.7. The van der Waals surface area contributed by atoms with Gasteiger partial charge >= 0.3 is 0 Å². The van der Waals surface area contributed by atoms with Crippen molar-refractivity contribution in [3.8, 4) is 5.75 Å². The summed E-state index contributed by atoms with van der Waals surface area (Å²) in [6.07, 6.45) is 0.474. The van der Waals surface area contributed by atoms with Crippen molar-refractivity contribution in [2.45, 2.75) is 44.6 Å². The number of aryl methyl sites for hydroxylation is 1. The summed E-state index contributed by atoms with van der Waals surface area (Å²) in [7, 11) is -4.12. The molecule has 0 aliphatic heterocycles. The number of hydrogen-bond acceptors (Lipinski definition) is 6. The Hall–Kier alpha value is -3.17. The molecule has 0 saturated carbocycles. The molecular formula is C23H28N4O4S. The van der Waals surface area contributed by atoms with Gasteiger partial charge in [-0.2, -0.15) is 4.31 Å². The zero-order valence-electron chi connectivity index (χ0n) is 18.4. The van der Waals surface area contributed by atoms with Crippen LogP contribution >= 0.6 is 0 Å². The first-order valence-electron chi connectivity index (χ1n) is 10.3. The monoisotopic (exact) mass is 456 g/mol. The molecule has 0 unspecified atom stereocenters. The molecule has 32 heavy (non-hydrogen) atoms. The molecule has 0 aliphatic carbocycles. The van der Waals surface area contributed by atoms with E-state index in [1.54, 1.807) is 13.0 Å². The minimum atomic E-state index is -4.12. The van der Waals surface area contributed by atoms with E-state index in [9.17, 15) is 13.5 Å². The van der Waals surface area contributed by atoms with Gasteiger partial charge in [-0.25, -0.2) is 8.42 Å². The van der Waals surface area contributed by atoms with Gasteiger partial charge in [-0.15, -0.1) is 0 Å². The van der Waals surface area contributed by atoms with E-state index in [0.717, 1.165) is 5.56 Å². The van der Waals surface area contributed by atoms with E-state index in [1.165, 1.54) is 28.1 Å². The Morgan fingerprint density at radius 2 is 1.88 bits per heavy atom. The molecule has 0 atom stereocenters. The normalized spacial score (nSPS) is 11.9. The van der Waals surface area contributed by atoms with Gasteiger partial charge in [0.2, 0.25) is 10.0 Å². The summed E-state index contributed by atoms with van der Waals surface area (Å²) in [4.78, 5) is -0.305. The van der Waals surface area contributed by atoms with Gasteiger partial charge in [0.1, 0.15) is 22.2 Å². The van der Waals surface area contributed by atoms with E-state index in [4.69, 9.17) is 15.7 Å². The predicted octanol–water partition coefficient (Wildman–Crippen LogP) is 3.53. The van der Waals surface area contributed by atoms with Crippen LogP contribution in [0.15, 0.2) is 57.9 Å². The molecule has 0 saturated heterocycles.